The van der Waals surface area contributed by atoms with Gasteiger partial charge in [-0.1, -0.05) is 29.8 Å². The molecule has 0 aromatic heterocycles. The first kappa shape index (κ1) is 16.6. The summed E-state index contributed by atoms with van der Waals surface area (Å²) in [7, 11) is 0. The molecule has 5 nitrogen and oxygen atoms in total. The topological polar surface area (TPSA) is 44.9 Å². The Labute approximate surface area is 159 Å². The quantitative estimate of drug-likeness (QED) is 0.829. The second kappa shape index (κ2) is 6.27. The van der Waals surface area contributed by atoms with Gasteiger partial charge in [0, 0.05) is 18.1 Å². The van der Waals surface area contributed by atoms with Gasteiger partial charge in [0.2, 0.25) is 6.79 Å². The van der Waals surface area contributed by atoms with Crippen molar-refractivity contribution in [2.24, 2.45) is 0 Å². The molecule has 2 aromatic carbocycles. The summed E-state index contributed by atoms with van der Waals surface area (Å²) >= 11 is 0. The molecule has 3 aliphatic heterocycles. The molecule has 0 saturated carbocycles. The number of aryl methyl sites for hydroxylation is 1. The number of hydrogen-bond donors (Lipinski definition) is 1. The molecule has 27 heavy (non-hydrogen) atoms. The summed E-state index contributed by atoms with van der Waals surface area (Å²) in [5.74, 6) is 2.71. The van der Waals surface area contributed by atoms with Crippen LogP contribution in [0.3, 0.4) is 0 Å². The number of amidine groups is 1. The maximum absolute atomic E-state index is 11.9. The van der Waals surface area contributed by atoms with Gasteiger partial charge in [0.05, 0.1) is 6.54 Å². The van der Waals surface area contributed by atoms with E-state index in [-0.39, 0.29) is 6.79 Å². The average Bonchev–Trinajstić information content (AvgIpc) is 3.17. The lowest BCUT2D eigenvalue weighted by Crippen LogP contribution is -2.47. The molecule has 3 aliphatic rings. The number of ether oxygens (including phenoxy) is 2. The molecular weight excluding hydrogens is 340 g/mol. The number of benzene rings is 2. The van der Waals surface area contributed by atoms with Crippen molar-refractivity contribution in [1.29, 1.82) is 0 Å². The zero-order valence-electron chi connectivity index (χ0n) is 15.6. The third-order valence-corrected chi connectivity index (χ3v) is 5.86. The van der Waals surface area contributed by atoms with Crippen molar-refractivity contribution >= 4 is 11.5 Å². The van der Waals surface area contributed by atoms with Gasteiger partial charge in [-0.15, -0.1) is 0 Å². The summed E-state index contributed by atoms with van der Waals surface area (Å²) in [6.07, 6.45) is 4.53. The van der Waals surface area contributed by atoms with E-state index in [4.69, 9.17) is 9.47 Å². The van der Waals surface area contributed by atoms with Crippen molar-refractivity contribution in [3.8, 4) is 11.5 Å². The third kappa shape index (κ3) is 2.69. The van der Waals surface area contributed by atoms with Crippen LogP contribution >= 0.6 is 0 Å². The van der Waals surface area contributed by atoms with Crippen LogP contribution in [0.4, 0.5) is 5.69 Å². The smallest absolute Gasteiger partial charge is 0.275 e. The summed E-state index contributed by atoms with van der Waals surface area (Å²) < 4.78 is 13.4. The third-order valence-electron chi connectivity index (χ3n) is 5.86. The highest BCUT2D eigenvalue weighted by atomic mass is 16.7. The van der Waals surface area contributed by atoms with Crippen LogP contribution in [-0.4, -0.2) is 35.4 Å². The summed E-state index contributed by atoms with van der Waals surface area (Å²) in [4.78, 5) is 2.12. The second-order valence-electron chi connectivity index (χ2n) is 7.70. The standard InChI is InChI=1S/C22H25N2O3/c1-16-6-8-17(9-7-16)22(25)14-23-12-4-2-3-5-21(23)24(22)18-10-11-19-20(13-18)27-15-26-19/h6-11,13,25H,2-5,12,14-15H2,1H3/q+1/t22-/m1/s1. The Bertz CT molecular complexity index is 906. The zero-order chi connectivity index (χ0) is 18.4. The monoisotopic (exact) mass is 365 g/mol. The fourth-order valence-electron chi connectivity index (χ4n) is 4.45. The van der Waals surface area contributed by atoms with E-state index >= 15 is 0 Å². The summed E-state index contributed by atoms with van der Waals surface area (Å²) in [5, 5.41) is 11.9. The molecule has 0 saturated heterocycles. The molecule has 140 valence electrons. The van der Waals surface area contributed by atoms with E-state index in [9.17, 15) is 5.11 Å². The number of anilines is 1. The Hall–Kier alpha value is -2.53. The minimum atomic E-state index is -1.09. The van der Waals surface area contributed by atoms with Gasteiger partial charge in [-0.25, -0.2) is 0 Å². The van der Waals surface area contributed by atoms with Crippen molar-refractivity contribution in [2.45, 2.75) is 38.3 Å². The maximum Gasteiger partial charge on any atom is 0.275 e. The number of hydrogen-bond acceptors (Lipinski definition) is 4. The highest BCUT2D eigenvalue weighted by Crippen LogP contribution is 2.42. The van der Waals surface area contributed by atoms with Crippen LogP contribution in [0.2, 0.25) is 0 Å². The van der Waals surface area contributed by atoms with Gasteiger partial charge in [-0.3, -0.25) is 4.58 Å². The first-order chi connectivity index (χ1) is 13.1. The first-order valence-electron chi connectivity index (χ1n) is 9.75. The summed E-state index contributed by atoms with van der Waals surface area (Å²) in [6.45, 7) is 3.90. The number of fused-ring (bicyclic) bond motifs is 1. The largest absolute Gasteiger partial charge is 0.454 e. The Balaban J connectivity index is 1.63. The SMILES string of the molecule is Cc1ccc([C@]2(O)C[N+]3=C(CCCCC3)N2c2ccc3c(c2)OCO3)cc1. The predicted octanol–water partition coefficient (Wildman–Crippen LogP) is 3.37. The molecular formula is C22H25N2O3+. The van der Waals surface area contributed by atoms with E-state index in [1.807, 2.05) is 30.3 Å². The Kier molecular flexibility index (Phi) is 3.86. The Morgan fingerprint density at radius 2 is 1.81 bits per heavy atom. The highest BCUT2D eigenvalue weighted by Gasteiger charge is 2.54. The van der Waals surface area contributed by atoms with Crippen LogP contribution < -0.4 is 14.4 Å². The average molecular weight is 365 g/mol. The first-order valence-corrected chi connectivity index (χ1v) is 9.75. The normalized spacial score (nSPS) is 24.1. The molecule has 0 radical (unpaired) electrons. The van der Waals surface area contributed by atoms with Crippen LogP contribution in [0.1, 0.15) is 36.8 Å². The van der Waals surface area contributed by atoms with Gasteiger partial charge in [0.15, 0.2) is 18.0 Å². The molecule has 0 unspecified atom stereocenters. The van der Waals surface area contributed by atoms with E-state index in [0.717, 1.165) is 42.1 Å². The van der Waals surface area contributed by atoms with E-state index in [2.05, 4.69) is 28.5 Å². The van der Waals surface area contributed by atoms with Crippen molar-refractivity contribution in [3.05, 3.63) is 53.6 Å². The molecule has 0 aliphatic carbocycles. The molecule has 0 fully saturated rings. The van der Waals surface area contributed by atoms with Gasteiger partial charge >= 0.3 is 0 Å². The zero-order valence-corrected chi connectivity index (χ0v) is 15.6. The Morgan fingerprint density at radius 3 is 2.67 bits per heavy atom. The van der Waals surface area contributed by atoms with Crippen molar-refractivity contribution < 1.29 is 19.2 Å². The van der Waals surface area contributed by atoms with E-state index in [0.29, 0.717) is 6.54 Å². The predicted molar refractivity (Wildman–Crippen MR) is 104 cm³/mol. The lowest BCUT2D eigenvalue weighted by molar-refractivity contribution is -0.534. The van der Waals surface area contributed by atoms with Gasteiger partial charge in [0.1, 0.15) is 5.69 Å². The molecule has 2 aromatic rings. The van der Waals surface area contributed by atoms with Crippen molar-refractivity contribution in [3.63, 3.8) is 0 Å². The Morgan fingerprint density at radius 1 is 1.00 bits per heavy atom. The lowest BCUT2D eigenvalue weighted by Gasteiger charge is -2.29. The minimum absolute atomic E-state index is 0.254. The fourth-order valence-corrected chi connectivity index (χ4v) is 4.45. The lowest BCUT2D eigenvalue weighted by atomic mass is 9.98. The molecule has 0 spiro atoms. The fraction of sp³-hybridized carbons (Fsp3) is 0.409. The second-order valence-corrected chi connectivity index (χ2v) is 7.70. The van der Waals surface area contributed by atoms with E-state index in [1.165, 1.54) is 24.2 Å². The maximum atomic E-state index is 11.9. The van der Waals surface area contributed by atoms with Crippen LogP contribution in [-0.2, 0) is 5.72 Å². The van der Waals surface area contributed by atoms with Gasteiger partial charge in [-0.2, -0.15) is 4.90 Å². The van der Waals surface area contributed by atoms with E-state index in [1.54, 1.807) is 0 Å². The molecule has 5 heteroatoms. The molecule has 0 amide bonds. The molecule has 1 N–H and O–H groups in total. The summed E-state index contributed by atoms with van der Waals surface area (Å²) in [5.41, 5.74) is 1.97. The van der Waals surface area contributed by atoms with Crippen molar-refractivity contribution in [2.75, 3.05) is 24.8 Å². The van der Waals surface area contributed by atoms with E-state index < -0.39 is 5.72 Å². The number of nitrogens with zero attached hydrogens (tertiary/aromatic N) is 2. The van der Waals surface area contributed by atoms with Gasteiger partial charge < -0.3 is 14.6 Å². The minimum Gasteiger partial charge on any atom is -0.454 e. The summed E-state index contributed by atoms with van der Waals surface area (Å²) in [6, 6.07) is 14.2. The van der Waals surface area contributed by atoms with Crippen LogP contribution in [0.5, 0.6) is 11.5 Å². The van der Waals surface area contributed by atoms with Crippen LogP contribution in [0.15, 0.2) is 42.5 Å². The van der Waals surface area contributed by atoms with Gasteiger partial charge in [-0.05, 0) is 38.3 Å². The highest BCUT2D eigenvalue weighted by molar-refractivity contribution is 5.97. The van der Waals surface area contributed by atoms with Crippen molar-refractivity contribution in [1.82, 2.24) is 0 Å². The molecule has 3 heterocycles. The van der Waals surface area contributed by atoms with Gasteiger partial charge in [0.25, 0.3) is 11.6 Å². The number of aliphatic hydroxyl groups is 1. The molecule has 5 rings (SSSR count). The molecule has 1 atom stereocenters. The molecule has 0 bridgehead atoms. The van der Waals surface area contributed by atoms with Crippen LogP contribution in [0.25, 0.3) is 0 Å². The van der Waals surface area contributed by atoms with Crippen LogP contribution in [0, 0.1) is 6.92 Å². The number of rotatable bonds is 2.